The number of carbonyl (C=O) groups is 1. The molecule has 0 bridgehead atoms. The molecule has 0 radical (unpaired) electrons. The fraction of sp³-hybridized carbons (Fsp3) is 0.562. The van der Waals surface area contributed by atoms with Gasteiger partial charge in [-0.15, -0.1) is 0 Å². The molecule has 0 saturated heterocycles. The highest BCUT2D eigenvalue weighted by molar-refractivity contribution is 9.10. The Morgan fingerprint density at radius 1 is 1.25 bits per heavy atom. The van der Waals surface area contributed by atoms with Gasteiger partial charge in [-0.1, -0.05) is 39.8 Å². The lowest BCUT2D eigenvalue weighted by atomic mass is 9.48. The second-order valence-electron chi connectivity index (χ2n) is 6.96. The summed E-state index contributed by atoms with van der Waals surface area (Å²) in [5.41, 5.74) is 7.79. The highest BCUT2D eigenvalue weighted by Crippen LogP contribution is 2.52. The Morgan fingerprint density at radius 2 is 1.80 bits per heavy atom. The summed E-state index contributed by atoms with van der Waals surface area (Å²) in [6.45, 7) is 10.4. The van der Waals surface area contributed by atoms with Crippen molar-refractivity contribution in [3.63, 3.8) is 0 Å². The molecule has 110 valence electrons. The zero-order chi connectivity index (χ0) is 15.3. The van der Waals surface area contributed by atoms with Crippen LogP contribution in [-0.4, -0.2) is 18.0 Å². The van der Waals surface area contributed by atoms with Crippen LogP contribution in [0.3, 0.4) is 0 Å². The highest BCUT2D eigenvalue weighted by atomic mass is 79.9. The van der Waals surface area contributed by atoms with E-state index in [4.69, 9.17) is 5.73 Å². The van der Waals surface area contributed by atoms with E-state index in [9.17, 15) is 4.79 Å². The van der Waals surface area contributed by atoms with E-state index in [0.29, 0.717) is 5.56 Å². The minimum atomic E-state index is -0.0878. The number of nitrogens with one attached hydrogen (secondary N) is 1. The van der Waals surface area contributed by atoms with Crippen LogP contribution in [-0.2, 0) is 0 Å². The minimum Gasteiger partial charge on any atom is -0.348 e. The number of nitrogens with two attached hydrogens (primary N) is 1. The SMILES string of the molecule is Cc1cccc(C(=O)NC2C(C)(C)C(N)C2(C)C)c1Br. The number of hydrogen-bond acceptors (Lipinski definition) is 2. The van der Waals surface area contributed by atoms with Crippen LogP contribution >= 0.6 is 15.9 Å². The van der Waals surface area contributed by atoms with Gasteiger partial charge in [0.2, 0.25) is 0 Å². The van der Waals surface area contributed by atoms with Gasteiger partial charge in [0.25, 0.3) is 5.91 Å². The Kier molecular flexibility index (Phi) is 3.76. The van der Waals surface area contributed by atoms with E-state index in [-0.39, 0.29) is 28.8 Å². The Bertz CT molecular complexity index is 535. The number of halogens is 1. The molecule has 3 N–H and O–H groups in total. The number of hydrogen-bond donors (Lipinski definition) is 2. The molecule has 2 rings (SSSR count). The van der Waals surface area contributed by atoms with E-state index in [1.54, 1.807) is 0 Å². The summed E-state index contributed by atoms with van der Waals surface area (Å²) in [6.07, 6.45) is 0. The van der Waals surface area contributed by atoms with Crippen molar-refractivity contribution in [2.24, 2.45) is 16.6 Å². The number of benzene rings is 1. The minimum absolute atomic E-state index is 0.0429. The van der Waals surface area contributed by atoms with Crippen molar-refractivity contribution in [2.45, 2.75) is 46.7 Å². The van der Waals surface area contributed by atoms with Gasteiger partial charge in [0, 0.05) is 27.4 Å². The van der Waals surface area contributed by atoms with Gasteiger partial charge in [0.05, 0.1) is 5.56 Å². The molecule has 1 saturated carbocycles. The van der Waals surface area contributed by atoms with E-state index >= 15 is 0 Å². The van der Waals surface area contributed by atoms with Crippen molar-refractivity contribution >= 4 is 21.8 Å². The summed E-state index contributed by atoms with van der Waals surface area (Å²) in [4.78, 5) is 12.5. The van der Waals surface area contributed by atoms with Gasteiger partial charge in [0.1, 0.15) is 0 Å². The molecular formula is C16H23BrN2O. The van der Waals surface area contributed by atoms with Crippen LogP contribution in [0, 0.1) is 17.8 Å². The molecule has 0 aromatic heterocycles. The Hall–Kier alpha value is -0.870. The second kappa shape index (κ2) is 4.85. The third kappa shape index (κ3) is 2.19. The molecule has 1 aliphatic carbocycles. The molecule has 0 spiro atoms. The summed E-state index contributed by atoms with van der Waals surface area (Å²) in [6, 6.07) is 5.88. The lowest BCUT2D eigenvalue weighted by Crippen LogP contribution is -2.76. The molecule has 1 aliphatic rings. The van der Waals surface area contributed by atoms with Gasteiger partial charge < -0.3 is 11.1 Å². The third-order valence-electron chi connectivity index (χ3n) is 4.80. The van der Waals surface area contributed by atoms with Crippen LogP contribution < -0.4 is 11.1 Å². The van der Waals surface area contributed by atoms with Gasteiger partial charge in [-0.05, 0) is 34.5 Å². The predicted molar refractivity (Wildman–Crippen MR) is 85.7 cm³/mol. The average molecular weight is 339 g/mol. The average Bonchev–Trinajstić information content (AvgIpc) is 2.37. The third-order valence-corrected chi connectivity index (χ3v) is 5.86. The van der Waals surface area contributed by atoms with E-state index in [0.717, 1.165) is 10.0 Å². The molecule has 0 unspecified atom stereocenters. The quantitative estimate of drug-likeness (QED) is 0.869. The first-order chi connectivity index (χ1) is 9.10. The van der Waals surface area contributed by atoms with Crippen LogP contribution in [0.15, 0.2) is 22.7 Å². The zero-order valence-corrected chi connectivity index (χ0v) is 14.3. The summed E-state index contributed by atoms with van der Waals surface area (Å²) >= 11 is 3.49. The van der Waals surface area contributed by atoms with Gasteiger partial charge in [-0.2, -0.15) is 0 Å². The Labute approximate surface area is 129 Å². The molecule has 1 amide bonds. The Balaban J connectivity index is 2.23. The van der Waals surface area contributed by atoms with Gasteiger partial charge in [0.15, 0.2) is 0 Å². The summed E-state index contributed by atoms with van der Waals surface area (Å²) in [5, 5.41) is 3.16. The summed E-state index contributed by atoms with van der Waals surface area (Å²) in [5.74, 6) is -0.0429. The first-order valence-corrected chi connectivity index (χ1v) is 7.71. The highest BCUT2D eigenvalue weighted by Gasteiger charge is 2.60. The molecule has 1 aromatic carbocycles. The van der Waals surface area contributed by atoms with Gasteiger partial charge >= 0.3 is 0 Å². The molecule has 1 aromatic rings. The maximum Gasteiger partial charge on any atom is 0.252 e. The smallest absolute Gasteiger partial charge is 0.252 e. The lowest BCUT2D eigenvalue weighted by Gasteiger charge is -2.62. The first kappa shape index (κ1) is 15.5. The normalized spacial score (nSPS) is 26.8. The van der Waals surface area contributed by atoms with Crippen LogP contribution in [0.25, 0.3) is 0 Å². The molecule has 4 heteroatoms. The van der Waals surface area contributed by atoms with Crippen molar-refractivity contribution < 1.29 is 4.79 Å². The molecular weight excluding hydrogens is 316 g/mol. The number of carbonyl (C=O) groups excluding carboxylic acids is 1. The molecule has 0 heterocycles. The molecule has 3 nitrogen and oxygen atoms in total. The topological polar surface area (TPSA) is 55.1 Å². The first-order valence-electron chi connectivity index (χ1n) is 6.91. The number of aryl methyl sites for hydroxylation is 1. The van der Waals surface area contributed by atoms with Crippen molar-refractivity contribution in [1.82, 2.24) is 5.32 Å². The lowest BCUT2D eigenvalue weighted by molar-refractivity contribution is -0.0663. The summed E-state index contributed by atoms with van der Waals surface area (Å²) < 4.78 is 0.858. The van der Waals surface area contributed by atoms with Crippen molar-refractivity contribution in [1.29, 1.82) is 0 Å². The van der Waals surface area contributed by atoms with Crippen molar-refractivity contribution in [3.05, 3.63) is 33.8 Å². The van der Waals surface area contributed by atoms with E-state index in [1.165, 1.54) is 0 Å². The van der Waals surface area contributed by atoms with E-state index in [1.807, 2.05) is 25.1 Å². The predicted octanol–water partition coefficient (Wildman–Crippen LogP) is 3.25. The molecule has 1 fully saturated rings. The van der Waals surface area contributed by atoms with E-state index in [2.05, 4.69) is 48.9 Å². The largest absolute Gasteiger partial charge is 0.348 e. The van der Waals surface area contributed by atoms with Crippen molar-refractivity contribution in [2.75, 3.05) is 0 Å². The van der Waals surface area contributed by atoms with E-state index < -0.39 is 0 Å². The fourth-order valence-electron chi connectivity index (χ4n) is 3.58. The molecule has 0 aliphatic heterocycles. The molecule has 0 atom stereocenters. The van der Waals surface area contributed by atoms with Crippen LogP contribution in [0.2, 0.25) is 0 Å². The Morgan fingerprint density at radius 3 is 2.35 bits per heavy atom. The fourth-order valence-corrected chi connectivity index (χ4v) is 4.03. The number of amides is 1. The standard InChI is InChI=1S/C16H23BrN2O/c1-9-7-6-8-10(11(9)17)12(20)19-14-15(2,3)13(18)16(14,4)5/h6-8,13-14H,18H2,1-5H3,(H,19,20). The number of rotatable bonds is 2. The maximum atomic E-state index is 12.5. The van der Waals surface area contributed by atoms with Crippen LogP contribution in [0.5, 0.6) is 0 Å². The zero-order valence-electron chi connectivity index (χ0n) is 12.8. The second-order valence-corrected chi connectivity index (χ2v) is 7.76. The van der Waals surface area contributed by atoms with Crippen LogP contribution in [0.1, 0.15) is 43.6 Å². The maximum absolute atomic E-state index is 12.5. The monoisotopic (exact) mass is 338 g/mol. The molecule has 20 heavy (non-hydrogen) atoms. The van der Waals surface area contributed by atoms with Crippen LogP contribution in [0.4, 0.5) is 0 Å². The van der Waals surface area contributed by atoms with Gasteiger partial charge in [-0.25, -0.2) is 0 Å². The summed E-state index contributed by atoms with van der Waals surface area (Å²) in [7, 11) is 0. The van der Waals surface area contributed by atoms with Crippen molar-refractivity contribution in [3.8, 4) is 0 Å². The van der Waals surface area contributed by atoms with Gasteiger partial charge in [-0.3, -0.25) is 4.79 Å².